The first kappa shape index (κ1) is 26.7. The third-order valence-corrected chi connectivity index (χ3v) is 7.22. The predicted octanol–water partition coefficient (Wildman–Crippen LogP) is 3.67. The average Bonchev–Trinajstić information content (AvgIpc) is 3.17. The van der Waals surface area contributed by atoms with E-state index in [4.69, 9.17) is 5.41 Å². The lowest BCUT2D eigenvalue weighted by Crippen LogP contribution is -2.61. The molecule has 1 aliphatic heterocycles. The minimum atomic E-state index is -2.96. The number of rotatable bonds is 9. The van der Waals surface area contributed by atoms with Crippen LogP contribution in [-0.2, 0) is 16.0 Å². The van der Waals surface area contributed by atoms with Gasteiger partial charge >= 0.3 is 6.61 Å². The first-order valence-electron chi connectivity index (χ1n) is 12.4. The Hall–Kier alpha value is -3.37. The summed E-state index contributed by atoms with van der Waals surface area (Å²) in [7, 11) is 0. The molecule has 4 atom stereocenters. The van der Waals surface area contributed by atoms with Crippen LogP contribution in [0, 0.1) is 5.41 Å². The second kappa shape index (κ2) is 10.9. The van der Waals surface area contributed by atoms with Crippen molar-refractivity contribution in [2.75, 3.05) is 6.61 Å². The molecule has 1 aliphatic carbocycles. The van der Waals surface area contributed by atoms with Gasteiger partial charge in [-0.05, 0) is 48.6 Å². The zero-order chi connectivity index (χ0) is 26.7. The molecule has 0 saturated carbocycles. The summed E-state index contributed by atoms with van der Waals surface area (Å²) in [6.07, 6.45) is 0.449. The maximum absolute atomic E-state index is 13.2. The monoisotopic (exact) mass is 514 g/mol. The van der Waals surface area contributed by atoms with Crippen molar-refractivity contribution in [2.45, 2.75) is 69.9 Å². The van der Waals surface area contributed by atoms with Gasteiger partial charge in [0.05, 0.1) is 31.2 Å². The van der Waals surface area contributed by atoms with Crippen LogP contribution in [0.25, 0.3) is 0 Å². The van der Waals surface area contributed by atoms with Crippen molar-refractivity contribution < 1.29 is 28.2 Å². The summed E-state index contributed by atoms with van der Waals surface area (Å²) >= 11 is 0. The summed E-state index contributed by atoms with van der Waals surface area (Å²) < 4.78 is 29.9. The number of amides is 2. The lowest BCUT2D eigenvalue weighted by molar-refractivity contribution is -0.137. The van der Waals surface area contributed by atoms with E-state index in [1.165, 1.54) is 4.90 Å². The molecule has 4 N–H and O–H groups in total. The largest absolute Gasteiger partial charge is 0.390 e. The molecule has 2 aromatic carbocycles. The molecule has 1 saturated heterocycles. The number of halogens is 2. The quantitative estimate of drug-likeness (QED) is 0.408. The molecular formula is C27H32F2N4O4. The van der Waals surface area contributed by atoms with Crippen LogP contribution < -0.4 is 10.6 Å². The van der Waals surface area contributed by atoms with E-state index >= 15 is 0 Å². The number of benzene rings is 2. The highest BCUT2D eigenvalue weighted by Gasteiger charge is 2.40. The SMILES string of the molecule is CC[C@@]1(C)CC(=O)N(C(CCOC(F)F)c2cccc(C(=O)N[C@@H]3c4ccccc4C[C@H]3O)c2)C(=N)N1. The Morgan fingerprint density at radius 1 is 1.30 bits per heavy atom. The van der Waals surface area contributed by atoms with E-state index in [9.17, 15) is 23.5 Å². The summed E-state index contributed by atoms with van der Waals surface area (Å²) in [6.45, 7) is 0.466. The van der Waals surface area contributed by atoms with E-state index in [1.54, 1.807) is 24.3 Å². The van der Waals surface area contributed by atoms with Gasteiger partial charge in [-0.15, -0.1) is 0 Å². The van der Waals surface area contributed by atoms with Crippen LogP contribution in [-0.4, -0.2) is 52.6 Å². The van der Waals surface area contributed by atoms with E-state index in [0.717, 1.165) is 11.1 Å². The fourth-order valence-electron chi connectivity index (χ4n) is 5.05. The number of nitrogens with one attached hydrogen (secondary N) is 3. The predicted molar refractivity (Wildman–Crippen MR) is 133 cm³/mol. The molecule has 37 heavy (non-hydrogen) atoms. The highest BCUT2D eigenvalue weighted by atomic mass is 19.3. The van der Waals surface area contributed by atoms with Crippen LogP contribution in [0.5, 0.6) is 0 Å². The van der Waals surface area contributed by atoms with Crippen molar-refractivity contribution in [1.29, 1.82) is 5.41 Å². The number of fused-ring (bicyclic) bond motifs is 1. The highest BCUT2D eigenvalue weighted by Crippen LogP contribution is 2.33. The van der Waals surface area contributed by atoms with Crippen molar-refractivity contribution in [2.24, 2.45) is 0 Å². The molecule has 1 fully saturated rings. The van der Waals surface area contributed by atoms with E-state index in [-0.39, 0.29) is 36.9 Å². The Bertz CT molecular complexity index is 1160. The lowest BCUT2D eigenvalue weighted by atomic mass is 9.90. The van der Waals surface area contributed by atoms with Gasteiger partial charge in [-0.3, -0.25) is 19.9 Å². The highest BCUT2D eigenvalue weighted by molar-refractivity contribution is 6.00. The maximum atomic E-state index is 13.2. The summed E-state index contributed by atoms with van der Waals surface area (Å²) in [6, 6.07) is 12.7. The van der Waals surface area contributed by atoms with Crippen LogP contribution in [0.4, 0.5) is 8.78 Å². The van der Waals surface area contributed by atoms with Gasteiger partial charge in [0.1, 0.15) is 0 Å². The standard InChI is InChI=1S/C27H32F2N4O4/c1-3-27(2)15-22(35)33(26(30)32-27)20(11-12-37-25(28)29)17-8-6-9-18(13-17)24(36)31-23-19-10-5-4-7-16(19)14-21(23)34/h4-10,13,20-21,23,25,34H,3,11-12,14-15H2,1-2H3,(H2,30,32)(H,31,36)/t20?,21-,23-,27+/m1/s1. The molecule has 2 amide bonds. The summed E-state index contributed by atoms with van der Waals surface area (Å²) in [5, 5.41) is 25.0. The van der Waals surface area contributed by atoms with Gasteiger partial charge in [0.15, 0.2) is 5.96 Å². The Morgan fingerprint density at radius 3 is 2.76 bits per heavy atom. The number of carbonyl (C=O) groups is 2. The molecule has 2 aliphatic rings. The fraction of sp³-hybridized carbons (Fsp3) is 0.444. The van der Waals surface area contributed by atoms with Crippen LogP contribution in [0.2, 0.25) is 0 Å². The number of nitrogens with zero attached hydrogens (tertiary/aromatic N) is 1. The number of alkyl halides is 2. The van der Waals surface area contributed by atoms with Gasteiger partial charge in [-0.1, -0.05) is 43.3 Å². The van der Waals surface area contributed by atoms with Crippen LogP contribution >= 0.6 is 0 Å². The van der Waals surface area contributed by atoms with Gasteiger partial charge in [-0.2, -0.15) is 8.78 Å². The topological polar surface area (TPSA) is 115 Å². The van der Waals surface area contributed by atoms with Crippen molar-refractivity contribution in [1.82, 2.24) is 15.5 Å². The normalized spacial score (nSPS) is 24.1. The lowest BCUT2D eigenvalue weighted by Gasteiger charge is -2.43. The molecule has 198 valence electrons. The minimum Gasteiger partial charge on any atom is -0.390 e. The number of hydrogen-bond donors (Lipinski definition) is 4. The van der Waals surface area contributed by atoms with Crippen LogP contribution in [0.3, 0.4) is 0 Å². The molecule has 0 radical (unpaired) electrons. The molecule has 8 nitrogen and oxygen atoms in total. The Kier molecular flexibility index (Phi) is 7.89. The number of guanidine groups is 1. The first-order valence-corrected chi connectivity index (χ1v) is 12.4. The summed E-state index contributed by atoms with van der Waals surface area (Å²) in [5.41, 5.74) is 2.06. The van der Waals surface area contributed by atoms with E-state index in [2.05, 4.69) is 15.4 Å². The van der Waals surface area contributed by atoms with E-state index in [0.29, 0.717) is 18.4 Å². The molecule has 10 heteroatoms. The molecular weight excluding hydrogens is 482 g/mol. The van der Waals surface area contributed by atoms with Crippen molar-refractivity contribution >= 4 is 17.8 Å². The number of ether oxygens (including phenoxy) is 1. The zero-order valence-corrected chi connectivity index (χ0v) is 20.8. The third kappa shape index (κ3) is 5.80. The number of carbonyl (C=O) groups excluding carboxylic acids is 2. The van der Waals surface area contributed by atoms with E-state index < -0.39 is 36.2 Å². The minimum absolute atomic E-state index is 0.00274. The molecule has 1 unspecified atom stereocenters. The fourth-order valence-corrected chi connectivity index (χ4v) is 5.05. The van der Waals surface area contributed by atoms with Gasteiger partial charge in [0.2, 0.25) is 5.91 Å². The van der Waals surface area contributed by atoms with Crippen LogP contribution in [0.15, 0.2) is 48.5 Å². The summed E-state index contributed by atoms with van der Waals surface area (Å²) in [4.78, 5) is 27.6. The Morgan fingerprint density at radius 2 is 2.05 bits per heavy atom. The van der Waals surface area contributed by atoms with Crippen LogP contribution in [0.1, 0.15) is 72.2 Å². The number of aliphatic hydroxyl groups is 1. The maximum Gasteiger partial charge on any atom is 0.345 e. The average molecular weight is 515 g/mol. The third-order valence-electron chi connectivity index (χ3n) is 7.22. The van der Waals surface area contributed by atoms with Gasteiger partial charge in [0, 0.05) is 17.5 Å². The van der Waals surface area contributed by atoms with Gasteiger partial charge in [0.25, 0.3) is 5.91 Å². The second-order valence-electron chi connectivity index (χ2n) is 9.81. The molecule has 0 bridgehead atoms. The zero-order valence-electron chi connectivity index (χ0n) is 20.8. The Balaban J connectivity index is 1.58. The van der Waals surface area contributed by atoms with Crippen molar-refractivity contribution in [3.05, 3.63) is 70.8 Å². The smallest absolute Gasteiger partial charge is 0.345 e. The molecule has 4 rings (SSSR count). The number of hydrogen-bond acceptors (Lipinski definition) is 5. The van der Waals surface area contributed by atoms with Gasteiger partial charge < -0.3 is 20.5 Å². The molecule has 2 aromatic rings. The first-order chi connectivity index (χ1) is 17.6. The molecule has 0 aromatic heterocycles. The van der Waals surface area contributed by atoms with Gasteiger partial charge in [-0.25, -0.2) is 0 Å². The molecule has 1 heterocycles. The Labute approximate surface area is 214 Å². The van der Waals surface area contributed by atoms with Crippen molar-refractivity contribution in [3.63, 3.8) is 0 Å². The van der Waals surface area contributed by atoms with Crippen molar-refractivity contribution in [3.8, 4) is 0 Å². The molecule has 0 spiro atoms. The summed E-state index contributed by atoms with van der Waals surface area (Å²) in [5.74, 6) is -0.846. The number of aliphatic hydroxyl groups excluding tert-OH is 1. The van der Waals surface area contributed by atoms with E-state index in [1.807, 2.05) is 38.1 Å². The second-order valence-corrected chi connectivity index (χ2v) is 9.81.